The van der Waals surface area contributed by atoms with Gasteiger partial charge in [0.1, 0.15) is 17.3 Å². The van der Waals surface area contributed by atoms with E-state index in [1.54, 1.807) is 32.4 Å². The third-order valence-corrected chi connectivity index (χ3v) is 6.01. The second kappa shape index (κ2) is 9.29. The van der Waals surface area contributed by atoms with Crippen LogP contribution >= 0.6 is 0 Å². The van der Waals surface area contributed by atoms with Gasteiger partial charge in [-0.05, 0) is 50.8 Å². The first-order chi connectivity index (χ1) is 13.9. The van der Waals surface area contributed by atoms with Gasteiger partial charge in [-0.25, -0.2) is 0 Å². The van der Waals surface area contributed by atoms with Crippen molar-refractivity contribution in [2.45, 2.75) is 45.1 Å². The molecule has 2 bridgehead atoms. The van der Waals surface area contributed by atoms with Gasteiger partial charge in [-0.1, -0.05) is 6.42 Å². The smallest absolute Gasteiger partial charge is 0.309 e. The molecule has 0 spiro atoms. The van der Waals surface area contributed by atoms with E-state index in [1.807, 2.05) is 6.92 Å². The fraction of sp³-hybridized carbons (Fsp3) is 0.591. The Labute approximate surface area is 171 Å². The molecule has 2 saturated carbocycles. The lowest BCUT2D eigenvalue weighted by Gasteiger charge is -2.36. The predicted molar refractivity (Wildman–Crippen MR) is 106 cm³/mol. The first-order valence-corrected chi connectivity index (χ1v) is 10.1. The highest BCUT2D eigenvalue weighted by atomic mass is 16.5. The zero-order valence-electron chi connectivity index (χ0n) is 17.2. The Morgan fingerprint density at radius 2 is 1.83 bits per heavy atom. The standard InChI is InChI=1S/C22H29NO6/c1-13(18-11-17(27-2)7-8-19(18)28-3)23-20(24)12-29-22(26)16-9-14-5-4-6-15(10-16)21(14)25/h7-8,11,13-16H,4-6,9-10,12H2,1-3H3,(H,23,24)/t13-,14-,15+,16?/m1/s1. The average molecular weight is 403 g/mol. The molecule has 1 N–H and O–H groups in total. The van der Waals surface area contributed by atoms with Gasteiger partial charge < -0.3 is 19.5 Å². The Hall–Kier alpha value is -2.57. The Morgan fingerprint density at radius 3 is 2.45 bits per heavy atom. The first kappa shape index (κ1) is 21.1. The molecule has 2 fully saturated rings. The van der Waals surface area contributed by atoms with Gasteiger partial charge in [-0.15, -0.1) is 0 Å². The predicted octanol–water partition coefficient (Wildman–Crippen LogP) is 2.82. The van der Waals surface area contributed by atoms with Crippen LogP contribution in [-0.2, 0) is 19.1 Å². The van der Waals surface area contributed by atoms with E-state index in [2.05, 4.69) is 5.32 Å². The summed E-state index contributed by atoms with van der Waals surface area (Å²) >= 11 is 0. The van der Waals surface area contributed by atoms with Gasteiger partial charge in [-0.2, -0.15) is 0 Å². The second-order valence-electron chi connectivity index (χ2n) is 7.90. The minimum Gasteiger partial charge on any atom is -0.497 e. The third-order valence-electron chi connectivity index (χ3n) is 6.01. The summed E-state index contributed by atoms with van der Waals surface area (Å²) in [4.78, 5) is 36.9. The van der Waals surface area contributed by atoms with Gasteiger partial charge in [0.2, 0.25) is 0 Å². The number of amides is 1. The summed E-state index contributed by atoms with van der Waals surface area (Å²) < 4.78 is 15.8. The number of ketones is 1. The van der Waals surface area contributed by atoms with Gasteiger partial charge in [0.05, 0.1) is 26.2 Å². The van der Waals surface area contributed by atoms with Crippen LogP contribution in [0.25, 0.3) is 0 Å². The van der Waals surface area contributed by atoms with Crippen molar-refractivity contribution in [1.82, 2.24) is 5.32 Å². The molecule has 7 nitrogen and oxygen atoms in total. The zero-order chi connectivity index (χ0) is 21.0. The fourth-order valence-corrected chi connectivity index (χ4v) is 4.47. The van der Waals surface area contributed by atoms with Crippen LogP contribution < -0.4 is 14.8 Å². The summed E-state index contributed by atoms with van der Waals surface area (Å²) in [5.74, 6) is 0.508. The van der Waals surface area contributed by atoms with Crippen molar-refractivity contribution in [3.63, 3.8) is 0 Å². The van der Waals surface area contributed by atoms with Crippen molar-refractivity contribution in [2.24, 2.45) is 17.8 Å². The van der Waals surface area contributed by atoms with Gasteiger partial charge >= 0.3 is 5.97 Å². The first-order valence-electron chi connectivity index (χ1n) is 10.1. The molecule has 0 saturated heterocycles. The lowest BCUT2D eigenvalue weighted by molar-refractivity contribution is -0.156. The molecule has 7 heteroatoms. The Balaban J connectivity index is 1.52. The number of benzene rings is 1. The van der Waals surface area contributed by atoms with E-state index in [0.29, 0.717) is 30.1 Å². The van der Waals surface area contributed by atoms with E-state index in [1.165, 1.54) is 0 Å². The number of nitrogens with one attached hydrogen (secondary N) is 1. The number of ether oxygens (including phenoxy) is 3. The maximum atomic E-state index is 12.4. The minimum atomic E-state index is -0.386. The van der Waals surface area contributed by atoms with E-state index >= 15 is 0 Å². The molecule has 3 rings (SSSR count). The molecular formula is C22H29NO6. The van der Waals surface area contributed by atoms with Crippen LogP contribution in [0.5, 0.6) is 11.5 Å². The lowest BCUT2D eigenvalue weighted by Crippen LogP contribution is -2.40. The molecule has 0 aliphatic heterocycles. The third kappa shape index (κ3) is 4.89. The van der Waals surface area contributed by atoms with Crippen molar-refractivity contribution in [3.05, 3.63) is 23.8 Å². The summed E-state index contributed by atoms with van der Waals surface area (Å²) in [6.07, 6.45) is 3.87. The molecule has 0 heterocycles. The van der Waals surface area contributed by atoms with E-state index < -0.39 is 0 Å². The summed E-state index contributed by atoms with van der Waals surface area (Å²) in [5.41, 5.74) is 0.769. The van der Waals surface area contributed by atoms with E-state index in [-0.39, 0.29) is 42.3 Å². The molecule has 2 aliphatic carbocycles. The number of carbonyl (C=O) groups excluding carboxylic acids is 3. The maximum Gasteiger partial charge on any atom is 0.309 e. The quantitative estimate of drug-likeness (QED) is 0.704. The molecule has 1 amide bonds. The Bertz CT molecular complexity index is 761. The number of fused-ring (bicyclic) bond motifs is 2. The van der Waals surface area contributed by atoms with Crippen molar-refractivity contribution in [1.29, 1.82) is 0 Å². The number of rotatable bonds is 7. The molecular weight excluding hydrogens is 374 g/mol. The molecule has 158 valence electrons. The molecule has 1 aromatic carbocycles. The van der Waals surface area contributed by atoms with Crippen molar-refractivity contribution >= 4 is 17.7 Å². The number of Topliss-reactive ketones (excluding diaryl/α,β-unsaturated/α-hetero) is 1. The normalized spacial score (nSPS) is 24.4. The summed E-state index contributed by atoms with van der Waals surface area (Å²) in [5, 5.41) is 2.82. The largest absolute Gasteiger partial charge is 0.497 e. The number of hydrogen-bond acceptors (Lipinski definition) is 6. The second-order valence-corrected chi connectivity index (χ2v) is 7.90. The Morgan fingerprint density at radius 1 is 1.14 bits per heavy atom. The minimum absolute atomic E-state index is 0.0191. The lowest BCUT2D eigenvalue weighted by atomic mass is 9.67. The summed E-state index contributed by atoms with van der Waals surface area (Å²) in [6.45, 7) is 1.49. The number of hydrogen-bond donors (Lipinski definition) is 1. The van der Waals surface area contributed by atoms with Crippen LogP contribution in [0.1, 0.15) is 50.6 Å². The SMILES string of the molecule is COc1ccc(OC)c([C@@H](C)NC(=O)COC(=O)C2C[C@H]3CCC[C@@H](C2)C3=O)c1. The van der Waals surface area contributed by atoms with Gasteiger partial charge in [-0.3, -0.25) is 14.4 Å². The number of methoxy groups -OCH3 is 2. The fourth-order valence-electron chi connectivity index (χ4n) is 4.47. The summed E-state index contributed by atoms with van der Waals surface area (Å²) in [6, 6.07) is 5.01. The Kier molecular flexibility index (Phi) is 6.77. The average Bonchev–Trinajstić information content (AvgIpc) is 2.71. The molecule has 0 aromatic heterocycles. The van der Waals surface area contributed by atoms with Crippen LogP contribution in [0, 0.1) is 17.8 Å². The van der Waals surface area contributed by atoms with Crippen LogP contribution in [0.3, 0.4) is 0 Å². The highest BCUT2D eigenvalue weighted by Crippen LogP contribution is 2.40. The molecule has 0 radical (unpaired) electrons. The van der Waals surface area contributed by atoms with E-state index in [9.17, 15) is 14.4 Å². The van der Waals surface area contributed by atoms with Crippen molar-refractivity contribution in [3.8, 4) is 11.5 Å². The van der Waals surface area contributed by atoms with E-state index in [0.717, 1.165) is 24.8 Å². The topological polar surface area (TPSA) is 90.9 Å². The van der Waals surface area contributed by atoms with Crippen LogP contribution in [0.15, 0.2) is 18.2 Å². The van der Waals surface area contributed by atoms with Crippen molar-refractivity contribution < 1.29 is 28.6 Å². The number of carbonyl (C=O) groups is 3. The maximum absolute atomic E-state index is 12.4. The van der Waals surface area contributed by atoms with Crippen molar-refractivity contribution in [2.75, 3.05) is 20.8 Å². The molecule has 29 heavy (non-hydrogen) atoms. The highest BCUT2D eigenvalue weighted by molar-refractivity contribution is 5.88. The monoisotopic (exact) mass is 403 g/mol. The number of esters is 1. The van der Waals surface area contributed by atoms with Crippen LogP contribution in [0.2, 0.25) is 0 Å². The van der Waals surface area contributed by atoms with Gasteiger partial charge in [0, 0.05) is 17.4 Å². The van der Waals surface area contributed by atoms with Crippen LogP contribution in [0.4, 0.5) is 0 Å². The molecule has 1 unspecified atom stereocenters. The summed E-state index contributed by atoms with van der Waals surface area (Å²) in [7, 11) is 3.13. The zero-order valence-corrected chi connectivity index (χ0v) is 17.2. The van der Waals surface area contributed by atoms with Gasteiger partial charge in [0.15, 0.2) is 6.61 Å². The highest BCUT2D eigenvalue weighted by Gasteiger charge is 2.41. The molecule has 2 aliphatic rings. The molecule has 1 aromatic rings. The van der Waals surface area contributed by atoms with Crippen LogP contribution in [-0.4, -0.2) is 38.5 Å². The molecule has 4 atom stereocenters. The van der Waals surface area contributed by atoms with Gasteiger partial charge in [0.25, 0.3) is 5.91 Å². The van der Waals surface area contributed by atoms with E-state index in [4.69, 9.17) is 14.2 Å².